The molecule has 1 aliphatic rings. The number of amides is 3. The maximum absolute atomic E-state index is 13.3. The fraction of sp³-hybridized carbons (Fsp3) is 0.333. The number of hydrogen-bond donors (Lipinski definition) is 1. The van der Waals surface area contributed by atoms with Crippen LogP contribution in [0.5, 0.6) is 0 Å². The van der Waals surface area contributed by atoms with Crippen LogP contribution in [0.25, 0.3) is 0 Å². The summed E-state index contributed by atoms with van der Waals surface area (Å²) in [5.41, 5.74) is 3.40. The normalized spacial score (nSPS) is 14.2. The van der Waals surface area contributed by atoms with E-state index < -0.39 is 0 Å². The van der Waals surface area contributed by atoms with Gasteiger partial charge >= 0.3 is 6.03 Å². The number of benzene rings is 2. The van der Waals surface area contributed by atoms with Gasteiger partial charge in [-0.1, -0.05) is 18.2 Å². The first-order valence-electron chi connectivity index (χ1n) is 9.19. The van der Waals surface area contributed by atoms with Gasteiger partial charge in [-0.05, 0) is 42.3 Å². The van der Waals surface area contributed by atoms with E-state index in [4.69, 9.17) is 0 Å². The molecule has 1 N–H and O–H groups in total. The van der Waals surface area contributed by atoms with Crippen LogP contribution in [0.15, 0.2) is 42.5 Å². The van der Waals surface area contributed by atoms with Gasteiger partial charge in [0.15, 0.2) is 0 Å². The molecule has 0 aromatic heterocycles. The van der Waals surface area contributed by atoms with E-state index in [0.29, 0.717) is 19.6 Å². The van der Waals surface area contributed by atoms with E-state index in [1.807, 2.05) is 44.1 Å². The molecule has 0 bridgehead atoms. The molecule has 2 aromatic rings. The van der Waals surface area contributed by atoms with Crippen LogP contribution in [0.2, 0.25) is 0 Å². The second-order valence-corrected chi connectivity index (χ2v) is 7.19. The van der Waals surface area contributed by atoms with Crippen molar-refractivity contribution >= 4 is 23.3 Å². The summed E-state index contributed by atoms with van der Waals surface area (Å²) in [6.07, 6.45) is 0. The first-order chi connectivity index (χ1) is 13.3. The molecule has 3 rings (SSSR count). The van der Waals surface area contributed by atoms with E-state index in [2.05, 4.69) is 5.32 Å². The predicted molar refractivity (Wildman–Crippen MR) is 108 cm³/mol. The Morgan fingerprint density at radius 1 is 1.18 bits per heavy atom. The van der Waals surface area contributed by atoms with Crippen LogP contribution in [0, 0.1) is 12.7 Å². The second kappa shape index (κ2) is 8.29. The molecule has 148 valence electrons. The van der Waals surface area contributed by atoms with Crippen molar-refractivity contribution in [3.05, 3.63) is 59.4 Å². The molecule has 1 saturated heterocycles. The average molecular weight is 384 g/mol. The first-order valence-corrected chi connectivity index (χ1v) is 9.19. The molecule has 6 nitrogen and oxygen atoms in total. The van der Waals surface area contributed by atoms with Crippen LogP contribution in [0.1, 0.15) is 11.1 Å². The fourth-order valence-electron chi connectivity index (χ4n) is 3.12. The molecule has 0 saturated carbocycles. The molecule has 0 unspecified atom stereocenters. The van der Waals surface area contributed by atoms with Crippen molar-refractivity contribution in [3.63, 3.8) is 0 Å². The summed E-state index contributed by atoms with van der Waals surface area (Å²) in [6, 6.07) is 11.8. The molecule has 2 aromatic carbocycles. The zero-order valence-electron chi connectivity index (χ0n) is 16.4. The third-order valence-corrected chi connectivity index (χ3v) is 4.85. The minimum Gasteiger partial charge on any atom is -0.378 e. The predicted octanol–water partition coefficient (Wildman–Crippen LogP) is 3.08. The monoisotopic (exact) mass is 384 g/mol. The summed E-state index contributed by atoms with van der Waals surface area (Å²) in [4.78, 5) is 30.2. The minimum absolute atomic E-state index is 0.00751. The number of carbonyl (C=O) groups excluding carboxylic acids is 2. The molecule has 3 amide bonds. The minimum atomic E-state index is -0.321. The zero-order chi connectivity index (χ0) is 20.3. The molecular formula is C21H25FN4O2. The number of nitrogens with one attached hydrogen (secondary N) is 1. The number of aryl methyl sites for hydroxylation is 1. The smallest absolute Gasteiger partial charge is 0.322 e. The molecule has 0 spiro atoms. The van der Waals surface area contributed by atoms with Gasteiger partial charge in [0.05, 0.1) is 0 Å². The SMILES string of the molecule is Cc1ccc(N(C)C)cc1NC(=O)N1CCN(Cc2cccc(F)c2)C(=O)C1. The summed E-state index contributed by atoms with van der Waals surface area (Å²) in [5, 5.41) is 2.91. The number of halogens is 1. The Balaban J connectivity index is 1.61. The molecule has 1 fully saturated rings. The number of hydrogen-bond acceptors (Lipinski definition) is 3. The molecule has 1 aliphatic heterocycles. The maximum Gasteiger partial charge on any atom is 0.322 e. The van der Waals surface area contributed by atoms with Gasteiger partial charge in [0.25, 0.3) is 0 Å². The number of rotatable bonds is 4. The number of anilines is 2. The molecular weight excluding hydrogens is 359 g/mol. The lowest BCUT2D eigenvalue weighted by Crippen LogP contribution is -2.52. The summed E-state index contributed by atoms with van der Waals surface area (Å²) in [5.74, 6) is -0.470. The number of urea groups is 1. The Hall–Kier alpha value is -3.09. The van der Waals surface area contributed by atoms with Crippen LogP contribution in [0.3, 0.4) is 0 Å². The molecule has 0 atom stereocenters. The lowest BCUT2D eigenvalue weighted by atomic mass is 10.1. The summed E-state index contributed by atoms with van der Waals surface area (Å²) in [7, 11) is 3.87. The second-order valence-electron chi connectivity index (χ2n) is 7.19. The van der Waals surface area contributed by atoms with Gasteiger partial charge in [-0.3, -0.25) is 4.79 Å². The Kier molecular flexibility index (Phi) is 5.82. The molecule has 7 heteroatoms. The van der Waals surface area contributed by atoms with Crippen LogP contribution in [0.4, 0.5) is 20.6 Å². The Bertz CT molecular complexity index is 884. The highest BCUT2D eigenvalue weighted by atomic mass is 19.1. The molecule has 0 aliphatic carbocycles. The van der Waals surface area contributed by atoms with Crippen molar-refractivity contribution in [2.45, 2.75) is 13.5 Å². The summed E-state index contributed by atoms with van der Waals surface area (Å²) < 4.78 is 13.3. The summed E-state index contributed by atoms with van der Waals surface area (Å²) in [6.45, 7) is 3.12. The third-order valence-electron chi connectivity index (χ3n) is 4.85. The Morgan fingerprint density at radius 3 is 2.64 bits per heavy atom. The van der Waals surface area contributed by atoms with Crippen molar-refractivity contribution in [2.75, 3.05) is 43.9 Å². The standard InChI is InChI=1S/C21H25FN4O2/c1-15-7-8-18(24(2)3)12-19(15)23-21(28)26-10-9-25(20(27)14-26)13-16-5-4-6-17(22)11-16/h4-8,11-12H,9-10,13-14H2,1-3H3,(H,23,28). The topological polar surface area (TPSA) is 55.9 Å². The van der Waals surface area contributed by atoms with E-state index in [1.165, 1.54) is 17.0 Å². The largest absolute Gasteiger partial charge is 0.378 e. The summed E-state index contributed by atoms with van der Waals surface area (Å²) >= 11 is 0. The van der Waals surface area contributed by atoms with Crippen LogP contribution < -0.4 is 10.2 Å². The Labute approximate surface area is 164 Å². The molecule has 28 heavy (non-hydrogen) atoms. The van der Waals surface area contributed by atoms with Gasteiger partial charge in [0.1, 0.15) is 12.4 Å². The van der Waals surface area contributed by atoms with Gasteiger partial charge in [-0.2, -0.15) is 0 Å². The maximum atomic E-state index is 13.3. The highest BCUT2D eigenvalue weighted by molar-refractivity contribution is 5.94. The molecule has 0 radical (unpaired) electrons. The lowest BCUT2D eigenvalue weighted by Gasteiger charge is -2.34. The zero-order valence-corrected chi connectivity index (χ0v) is 16.4. The fourth-order valence-corrected chi connectivity index (χ4v) is 3.12. The van der Waals surface area contributed by atoms with E-state index in [-0.39, 0.29) is 24.3 Å². The van der Waals surface area contributed by atoms with Gasteiger partial charge in [-0.25, -0.2) is 9.18 Å². The van der Waals surface area contributed by atoms with Gasteiger partial charge in [0.2, 0.25) is 5.91 Å². The number of carbonyl (C=O) groups is 2. The third kappa shape index (κ3) is 4.60. The number of piperazine rings is 1. The van der Waals surface area contributed by atoms with E-state index >= 15 is 0 Å². The van der Waals surface area contributed by atoms with Crippen molar-refractivity contribution in [2.24, 2.45) is 0 Å². The quantitative estimate of drug-likeness (QED) is 0.881. The van der Waals surface area contributed by atoms with Crippen molar-refractivity contribution < 1.29 is 14.0 Å². The van der Waals surface area contributed by atoms with Gasteiger partial charge < -0.3 is 20.0 Å². The average Bonchev–Trinajstić information content (AvgIpc) is 2.65. The van der Waals surface area contributed by atoms with Gasteiger partial charge in [-0.15, -0.1) is 0 Å². The lowest BCUT2D eigenvalue weighted by molar-refractivity contribution is -0.135. The van der Waals surface area contributed by atoms with Crippen LogP contribution >= 0.6 is 0 Å². The highest BCUT2D eigenvalue weighted by Gasteiger charge is 2.27. The van der Waals surface area contributed by atoms with Crippen LogP contribution in [-0.2, 0) is 11.3 Å². The first kappa shape index (κ1) is 19.7. The molecule has 1 heterocycles. The highest BCUT2D eigenvalue weighted by Crippen LogP contribution is 2.22. The number of nitrogens with zero attached hydrogens (tertiary/aromatic N) is 3. The van der Waals surface area contributed by atoms with Gasteiger partial charge in [0, 0.05) is 45.1 Å². The van der Waals surface area contributed by atoms with Crippen LogP contribution in [-0.4, -0.2) is 55.5 Å². The Morgan fingerprint density at radius 2 is 1.96 bits per heavy atom. The van der Waals surface area contributed by atoms with E-state index in [0.717, 1.165) is 22.5 Å². The van der Waals surface area contributed by atoms with E-state index in [1.54, 1.807) is 17.0 Å². The van der Waals surface area contributed by atoms with Crippen molar-refractivity contribution in [1.29, 1.82) is 0 Å². The van der Waals surface area contributed by atoms with E-state index in [9.17, 15) is 14.0 Å². The van der Waals surface area contributed by atoms with Crippen molar-refractivity contribution in [3.8, 4) is 0 Å². The van der Waals surface area contributed by atoms with Crippen molar-refractivity contribution in [1.82, 2.24) is 9.80 Å².